The molecule has 0 spiro atoms. The fraction of sp³-hybridized carbons (Fsp3) is 0.333. The van der Waals surface area contributed by atoms with Gasteiger partial charge < -0.3 is 13.7 Å². The Morgan fingerprint density at radius 1 is 0.378 bits per heavy atom. The highest BCUT2D eigenvalue weighted by Crippen LogP contribution is 2.46. The topological polar surface area (TPSA) is 212 Å². The van der Waals surface area contributed by atoms with Crippen molar-refractivity contribution in [2.24, 2.45) is 38.9 Å². The zero-order valence-corrected chi connectivity index (χ0v) is 60.1. The van der Waals surface area contributed by atoms with Gasteiger partial charge in [0.2, 0.25) is 0 Å². The van der Waals surface area contributed by atoms with Gasteiger partial charge >= 0.3 is 18.5 Å². The fourth-order valence-corrected chi connectivity index (χ4v) is 15.4. The van der Waals surface area contributed by atoms with Gasteiger partial charge in [0.1, 0.15) is 33.5 Å². The van der Waals surface area contributed by atoms with Gasteiger partial charge in [-0.1, -0.05) is 18.2 Å². The molecular weight excluding hydrogens is 1440 g/mol. The normalized spacial score (nSPS) is 16.2. The van der Waals surface area contributed by atoms with Crippen molar-refractivity contribution in [3.8, 4) is 50.4 Å². The van der Waals surface area contributed by atoms with E-state index in [0.717, 1.165) is 149 Å². The quantitative estimate of drug-likeness (QED) is 0.0877. The van der Waals surface area contributed by atoms with Gasteiger partial charge in [0.05, 0.1) is 66.9 Å². The summed E-state index contributed by atoms with van der Waals surface area (Å²) < 4.78 is 138. The number of hydrogen-bond donors (Lipinski definition) is 0. The standard InChI is InChI=1S/C28H22F6N6O.C27H23F3N6O.C26H24N6O/c1-38-25(28(32,33)34)18-10-17(7-9-21(18)36-38)40-26(41)22(16-6-8-20(35-11-16)15-4-5-15)24-23(37-40)19(27(29,30)31)13-39(24)12-14-2-3-14;1-34-25(27(28,29)30)19-12-18(7-9-21(19)32-34)36-26(37)23(17-6-8-20(31-13-17)16-4-5-16)24-22(33-36)10-11-35(24)14-15-2-3-15;1-30-15-19-12-20(7-9-22(19)28-30)32-26(33)24(18-6-8-21(27-13-18)17-4-5-17)25-23(29-32)10-11-31(25)14-16-2-3-16/h6-11,13-15H,2-5,12H2,1H3;6-13,15-16H,2-5,14H2,1H3;6-13,15-17H,2-5,14H2,1H3. The van der Waals surface area contributed by atoms with Crippen molar-refractivity contribution < 1.29 is 39.5 Å². The van der Waals surface area contributed by atoms with Gasteiger partial charge in [-0.2, -0.15) is 84.2 Å². The molecule has 30 heteroatoms. The summed E-state index contributed by atoms with van der Waals surface area (Å²) in [5.74, 6) is 2.84. The molecule has 12 aromatic heterocycles. The predicted molar refractivity (Wildman–Crippen MR) is 398 cm³/mol. The van der Waals surface area contributed by atoms with Crippen LogP contribution in [0.1, 0.15) is 129 Å². The van der Waals surface area contributed by atoms with Crippen LogP contribution in [0, 0.1) is 17.8 Å². The summed E-state index contributed by atoms with van der Waals surface area (Å²) in [5, 5.41) is 26.5. The van der Waals surface area contributed by atoms with Crippen LogP contribution in [-0.2, 0) is 59.3 Å². The van der Waals surface area contributed by atoms with Crippen LogP contribution in [0.5, 0.6) is 0 Å². The van der Waals surface area contributed by atoms with Crippen LogP contribution in [0.4, 0.5) is 39.5 Å². The number of aromatic nitrogens is 18. The van der Waals surface area contributed by atoms with E-state index < -0.39 is 52.1 Å². The van der Waals surface area contributed by atoms with Crippen molar-refractivity contribution in [2.75, 3.05) is 0 Å². The van der Waals surface area contributed by atoms with Crippen LogP contribution >= 0.6 is 0 Å². The van der Waals surface area contributed by atoms with E-state index in [1.165, 1.54) is 77.1 Å². The van der Waals surface area contributed by atoms with Crippen LogP contribution in [0.15, 0.2) is 161 Å². The van der Waals surface area contributed by atoms with E-state index >= 15 is 0 Å². The Morgan fingerprint density at radius 3 is 1.14 bits per heavy atom. The molecule has 0 amide bonds. The van der Waals surface area contributed by atoms with Crippen LogP contribution in [-0.4, -0.2) is 87.3 Å². The minimum Gasteiger partial charge on any atom is -0.345 e. The highest BCUT2D eigenvalue weighted by atomic mass is 19.4. The van der Waals surface area contributed by atoms with E-state index in [1.807, 2.05) is 68.1 Å². The highest BCUT2D eigenvalue weighted by molar-refractivity contribution is 5.96. The van der Waals surface area contributed by atoms with Gasteiger partial charge in [0.15, 0.2) is 0 Å². The van der Waals surface area contributed by atoms with E-state index in [0.29, 0.717) is 62.0 Å². The van der Waals surface area contributed by atoms with Gasteiger partial charge in [0, 0.05) is 152 Å². The summed E-state index contributed by atoms with van der Waals surface area (Å²) in [6.07, 6.45) is 11.1. The Balaban J connectivity index is 0.000000113. The van der Waals surface area contributed by atoms with E-state index in [1.54, 1.807) is 29.1 Å². The van der Waals surface area contributed by atoms with E-state index in [9.17, 15) is 53.9 Å². The van der Waals surface area contributed by atoms with Crippen LogP contribution in [0.3, 0.4) is 0 Å². The third-order valence-corrected chi connectivity index (χ3v) is 22.0. The monoisotopic (exact) mass is 1510 g/mol. The van der Waals surface area contributed by atoms with Gasteiger partial charge in [-0.3, -0.25) is 43.4 Å². The smallest absolute Gasteiger partial charge is 0.345 e. The second kappa shape index (κ2) is 25.9. The molecule has 0 radical (unpaired) electrons. The Hall–Kier alpha value is -11.9. The first-order valence-electron chi connectivity index (χ1n) is 37.2. The molecule has 111 heavy (non-hydrogen) atoms. The number of aryl methyl sites for hydroxylation is 3. The fourth-order valence-electron chi connectivity index (χ4n) is 15.4. The van der Waals surface area contributed by atoms with Gasteiger partial charge in [-0.05, 0) is 180 Å². The number of rotatable bonds is 15. The number of hydrogen-bond acceptors (Lipinski definition) is 12. The molecule has 0 bridgehead atoms. The Labute approximate surface area is 623 Å². The molecule has 3 aromatic carbocycles. The first-order valence-corrected chi connectivity index (χ1v) is 37.2. The molecule has 0 saturated heterocycles. The molecule has 0 unspecified atom stereocenters. The predicted octanol–water partition coefficient (Wildman–Crippen LogP) is 16.3. The molecule has 6 fully saturated rings. The van der Waals surface area contributed by atoms with Crippen molar-refractivity contribution in [3.05, 3.63) is 212 Å². The molecule has 6 aliphatic carbocycles. The highest BCUT2D eigenvalue weighted by Gasteiger charge is 2.42. The first-order chi connectivity index (χ1) is 53.3. The van der Waals surface area contributed by atoms with Crippen molar-refractivity contribution in [3.63, 3.8) is 0 Å². The summed E-state index contributed by atoms with van der Waals surface area (Å²) in [6, 6.07) is 29.2. The second-order valence-electron chi connectivity index (χ2n) is 30.5. The Kier molecular flexibility index (Phi) is 16.2. The molecular formula is C81H69F9N18O3. The minimum atomic E-state index is -4.79. The third kappa shape index (κ3) is 13.1. The molecule has 0 N–H and O–H groups in total. The number of pyridine rings is 3. The van der Waals surface area contributed by atoms with Crippen molar-refractivity contribution in [1.29, 1.82) is 0 Å². The molecule has 6 aliphatic rings. The molecule has 21 nitrogen and oxygen atoms in total. The molecule has 6 saturated carbocycles. The van der Waals surface area contributed by atoms with Gasteiger partial charge in [-0.25, -0.2) is 0 Å². The van der Waals surface area contributed by atoms with Gasteiger partial charge in [0.25, 0.3) is 16.7 Å². The van der Waals surface area contributed by atoms with Crippen LogP contribution < -0.4 is 16.7 Å². The number of alkyl halides is 9. The zero-order valence-electron chi connectivity index (χ0n) is 60.1. The summed E-state index contributed by atoms with van der Waals surface area (Å²) in [7, 11) is 4.31. The summed E-state index contributed by atoms with van der Waals surface area (Å²) in [4.78, 5) is 55.8. The Bertz CT molecular complexity index is 6440. The van der Waals surface area contributed by atoms with E-state index in [4.69, 9.17) is 10.1 Å². The lowest BCUT2D eigenvalue weighted by molar-refractivity contribution is -0.143. The molecule has 15 aromatic rings. The van der Waals surface area contributed by atoms with Crippen LogP contribution in [0.2, 0.25) is 0 Å². The average Bonchev–Trinajstić information content (AvgIpc) is 1.62. The molecule has 21 rings (SSSR count). The first kappa shape index (κ1) is 69.6. The molecule has 0 atom stereocenters. The second-order valence-corrected chi connectivity index (χ2v) is 30.5. The van der Waals surface area contributed by atoms with Crippen molar-refractivity contribution in [2.45, 2.75) is 133 Å². The van der Waals surface area contributed by atoms with E-state index in [2.05, 4.69) is 62.9 Å². The number of halogens is 9. The number of benzene rings is 3. The minimum absolute atomic E-state index is 0.0179. The maximum atomic E-state index is 14.3. The Morgan fingerprint density at radius 2 is 0.766 bits per heavy atom. The zero-order chi connectivity index (χ0) is 76.4. The summed E-state index contributed by atoms with van der Waals surface area (Å²) >= 11 is 0. The lowest BCUT2D eigenvalue weighted by Crippen LogP contribution is -2.24. The maximum Gasteiger partial charge on any atom is 0.433 e. The summed E-state index contributed by atoms with van der Waals surface area (Å²) in [6.45, 7) is 2.01. The van der Waals surface area contributed by atoms with Crippen molar-refractivity contribution in [1.82, 2.24) is 87.3 Å². The molecule has 12 heterocycles. The lowest BCUT2D eigenvalue weighted by atomic mass is 10.1. The average molecular weight is 1510 g/mol. The van der Waals surface area contributed by atoms with Gasteiger partial charge in [-0.15, -0.1) is 0 Å². The maximum absolute atomic E-state index is 14.3. The number of fused-ring (bicyclic) bond motifs is 6. The van der Waals surface area contributed by atoms with Crippen LogP contribution in [0.25, 0.3) is 116 Å². The van der Waals surface area contributed by atoms with E-state index in [-0.39, 0.29) is 62.3 Å². The third-order valence-electron chi connectivity index (χ3n) is 22.0. The lowest BCUT2D eigenvalue weighted by Gasteiger charge is -2.13. The number of nitrogens with zero attached hydrogens (tertiary/aromatic N) is 18. The SMILES string of the molecule is Cn1cc2cc(-n3nc4ccn(CC5CC5)c4c(-c4ccc(C5CC5)nc4)c3=O)ccc2n1.Cn1nc2ccc(-n3nc4c(C(F)(F)F)cn(CC5CC5)c4c(-c4ccc(C5CC5)nc4)c3=O)cc2c1C(F)(F)F.Cn1nc2ccc(-n3nc4ccn(CC5CC5)c4c(-c4ccc(C5CC5)nc4)c3=O)cc2c1C(F)(F)F. The largest absolute Gasteiger partial charge is 0.433 e. The summed E-state index contributed by atoms with van der Waals surface area (Å²) in [5.41, 5.74) is 6.29. The molecule has 564 valence electrons. The van der Waals surface area contributed by atoms with Crippen molar-refractivity contribution >= 4 is 65.8 Å². The molecule has 0 aliphatic heterocycles.